The van der Waals surface area contributed by atoms with Crippen LogP contribution in [0.25, 0.3) is 0 Å². The second-order valence-corrected chi connectivity index (χ2v) is 5.78. The minimum atomic E-state index is -0.761. The lowest BCUT2D eigenvalue weighted by Gasteiger charge is -2.02. The van der Waals surface area contributed by atoms with Crippen LogP contribution in [0.15, 0.2) is 34.8 Å². The van der Waals surface area contributed by atoms with Gasteiger partial charge < -0.3 is 9.84 Å². The predicted molar refractivity (Wildman–Crippen MR) is 75.8 cm³/mol. The molecule has 1 heterocycles. The normalized spacial score (nSPS) is 12.2. The number of nitrogens with zero attached hydrogens (tertiary/aromatic N) is 1. The fourth-order valence-electron chi connectivity index (χ4n) is 1.43. The second kappa shape index (κ2) is 5.68. The van der Waals surface area contributed by atoms with Crippen molar-refractivity contribution in [1.29, 1.82) is 0 Å². The predicted octanol–water partition coefficient (Wildman–Crippen LogP) is 4.26. The zero-order valence-corrected chi connectivity index (χ0v) is 12.3. The fourth-order valence-corrected chi connectivity index (χ4v) is 2.74. The Morgan fingerprint density at radius 3 is 2.79 bits per heavy atom. The maximum absolute atomic E-state index is 11.0. The van der Waals surface area contributed by atoms with E-state index in [4.69, 9.17) is 4.74 Å². The average molecular weight is 344 g/mol. The molecule has 0 saturated heterocycles. The quantitative estimate of drug-likeness (QED) is 0.664. The smallest absolute Gasteiger partial charge is 0.323 e. The molecule has 1 aromatic carbocycles. The third-order valence-corrected chi connectivity index (χ3v) is 3.98. The molecule has 19 heavy (non-hydrogen) atoms. The van der Waals surface area contributed by atoms with Crippen LogP contribution in [0.1, 0.15) is 17.9 Å². The maximum atomic E-state index is 11.0. The molecule has 1 aromatic heterocycles. The topological polar surface area (TPSA) is 72.6 Å². The van der Waals surface area contributed by atoms with Crippen molar-refractivity contribution in [3.05, 3.63) is 49.8 Å². The van der Waals surface area contributed by atoms with Gasteiger partial charge in [-0.3, -0.25) is 10.1 Å². The first kappa shape index (κ1) is 14.0. The van der Waals surface area contributed by atoms with Gasteiger partial charge in [-0.1, -0.05) is 33.3 Å². The lowest BCUT2D eigenvalue weighted by Crippen LogP contribution is -1.89. The number of rotatable bonds is 4. The zero-order chi connectivity index (χ0) is 14.0. The highest BCUT2D eigenvalue weighted by molar-refractivity contribution is 9.10. The molecule has 100 valence electrons. The molecule has 0 radical (unpaired) electrons. The van der Waals surface area contributed by atoms with Gasteiger partial charge in [-0.25, -0.2) is 0 Å². The van der Waals surface area contributed by atoms with Crippen molar-refractivity contribution in [2.45, 2.75) is 13.0 Å². The van der Waals surface area contributed by atoms with E-state index in [0.717, 1.165) is 15.8 Å². The molecule has 0 fully saturated rings. The van der Waals surface area contributed by atoms with Gasteiger partial charge in [0.1, 0.15) is 5.75 Å². The highest BCUT2D eigenvalue weighted by Gasteiger charge is 2.23. The minimum absolute atomic E-state index is 0.138. The molecule has 0 aliphatic rings. The number of halogens is 1. The van der Waals surface area contributed by atoms with Crippen molar-refractivity contribution in [3.63, 3.8) is 0 Å². The Kier molecular flexibility index (Phi) is 4.18. The third-order valence-electron chi connectivity index (χ3n) is 2.31. The lowest BCUT2D eigenvalue weighted by atomic mass is 10.3. The number of ether oxygens (including phenoxy) is 1. The molecule has 0 aliphatic heterocycles. The summed E-state index contributed by atoms with van der Waals surface area (Å²) in [6.45, 7) is 1.55. The summed E-state index contributed by atoms with van der Waals surface area (Å²) in [6.07, 6.45) is -0.761. The van der Waals surface area contributed by atoms with E-state index in [0.29, 0.717) is 10.6 Å². The van der Waals surface area contributed by atoms with Crippen molar-refractivity contribution in [2.75, 3.05) is 0 Å². The van der Waals surface area contributed by atoms with Crippen LogP contribution >= 0.6 is 27.3 Å². The van der Waals surface area contributed by atoms with Crippen molar-refractivity contribution in [2.24, 2.45) is 0 Å². The molecule has 1 unspecified atom stereocenters. The van der Waals surface area contributed by atoms with Gasteiger partial charge in [0.05, 0.1) is 11.0 Å². The summed E-state index contributed by atoms with van der Waals surface area (Å²) in [7, 11) is 0. The van der Waals surface area contributed by atoms with Gasteiger partial charge in [-0.2, -0.15) is 0 Å². The maximum Gasteiger partial charge on any atom is 0.323 e. The summed E-state index contributed by atoms with van der Waals surface area (Å²) in [6, 6.07) is 8.36. The number of aliphatic hydroxyl groups is 1. The first-order valence-corrected chi connectivity index (χ1v) is 6.98. The first-order chi connectivity index (χ1) is 8.97. The molecule has 5 nitrogen and oxygen atoms in total. The molecule has 0 saturated carbocycles. The molecule has 2 aromatic rings. The van der Waals surface area contributed by atoms with E-state index in [2.05, 4.69) is 15.9 Å². The number of thiophene rings is 1. The molecular formula is C12H10BrNO4S. The van der Waals surface area contributed by atoms with Crippen molar-refractivity contribution in [1.82, 2.24) is 0 Å². The molecule has 0 bridgehead atoms. The highest BCUT2D eigenvalue weighted by atomic mass is 79.9. The van der Waals surface area contributed by atoms with E-state index in [9.17, 15) is 15.2 Å². The molecule has 1 atom stereocenters. The van der Waals surface area contributed by atoms with Crippen LogP contribution in [-0.2, 0) is 0 Å². The summed E-state index contributed by atoms with van der Waals surface area (Å²) in [4.78, 5) is 10.9. The molecule has 0 spiro atoms. The van der Waals surface area contributed by atoms with E-state index < -0.39 is 11.0 Å². The summed E-state index contributed by atoms with van der Waals surface area (Å²) in [5, 5.41) is 20.6. The SMILES string of the molecule is CC(O)c1cc([N+](=O)[O-])c(Oc2cccc(Br)c2)s1. The molecule has 0 amide bonds. The van der Waals surface area contributed by atoms with Gasteiger partial charge in [-0.15, -0.1) is 0 Å². The van der Waals surface area contributed by atoms with Crippen LogP contribution in [0, 0.1) is 10.1 Å². The van der Waals surface area contributed by atoms with Crippen LogP contribution in [-0.4, -0.2) is 10.0 Å². The van der Waals surface area contributed by atoms with Gasteiger partial charge in [-0.05, 0) is 25.1 Å². The monoisotopic (exact) mass is 343 g/mol. The van der Waals surface area contributed by atoms with Gasteiger partial charge in [0, 0.05) is 15.4 Å². The van der Waals surface area contributed by atoms with Gasteiger partial charge in [0.2, 0.25) is 0 Å². The van der Waals surface area contributed by atoms with Crippen molar-refractivity contribution < 1.29 is 14.8 Å². The Hall–Kier alpha value is -1.44. The van der Waals surface area contributed by atoms with Crippen LogP contribution in [0.2, 0.25) is 0 Å². The minimum Gasteiger partial charge on any atom is -0.440 e. The summed E-state index contributed by atoms with van der Waals surface area (Å²) in [5.74, 6) is 0.497. The summed E-state index contributed by atoms with van der Waals surface area (Å²) < 4.78 is 6.34. The van der Waals surface area contributed by atoms with Crippen LogP contribution < -0.4 is 4.74 Å². The highest BCUT2D eigenvalue weighted by Crippen LogP contribution is 2.42. The van der Waals surface area contributed by atoms with Crippen LogP contribution in [0.4, 0.5) is 5.69 Å². The first-order valence-electron chi connectivity index (χ1n) is 5.37. The standard InChI is InChI=1S/C12H10BrNO4S/c1-7(15)11-6-10(14(16)17)12(19-11)18-9-4-2-3-8(13)5-9/h2-7,15H,1H3. The summed E-state index contributed by atoms with van der Waals surface area (Å²) >= 11 is 4.37. The zero-order valence-electron chi connectivity index (χ0n) is 9.87. The lowest BCUT2D eigenvalue weighted by molar-refractivity contribution is -0.385. The van der Waals surface area contributed by atoms with E-state index in [1.165, 1.54) is 6.07 Å². The molecule has 0 aliphatic carbocycles. The van der Waals surface area contributed by atoms with Crippen LogP contribution in [0.5, 0.6) is 10.8 Å². The van der Waals surface area contributed by atoms with E-state index >= 15 is 0 Å². The molecule has 7 heteroatoms. The number of aliphatic hydroxyl groups excluding tert-OH is 1. The van der Waals surface area contributed by atoms with Crippen molar-refractivity contribution >= 4 is 33.0 Å². The molecule has 1 N–H and O–H groups in total. The Morgan fingerprint density at radius 1 is 1.47 bits per heavy atom. The average Bonchev–Trinajstić information content (AvgIpc) is 2.73. The van der Waals surface area contributed by atoms with E-state index in [-0.39, 0.29) is 10.8 Å². The fraction of sp³-hybridized carbons (Fsp3) is 0.167. The Labute approximate surface area is 121 Å². The third kappa shape index (κ3) is 3.31. The Morgan fingerprint density at radius 2 is 2.21 bits per heavy atom. The summed E-state index contributed by atoms with van der Waals surface area (Å²) in [5.41, 5.74) is -0.138. The van der Waals surface area contributed by atoms with E-state index in [1.807, 2.05) is 6.07 Å². The second-order valence-electron chi connectivity index (χ2n) is 3.81. The number of nitro groups is 1. The largest absolute Gasteiger partial charge is 0.440 e. The Bertz CT molecular complexity index is 612. The number of hydrogen-bond acceptors (Lipinski definition) is 5. The van der Waals surface area contributed by atoms with E-state index in [1.54, 1.807) is 25.1 Å². The Balaban J connectivity index is 2.36. The van der Waals surface area contributed by atoms with Crippen molar-refractivity contribution in [3.8, 4) is 10.8 Å². The molecule has 2 rings (SSSR count). The van der Waals surface area contributed by atoms with Crippen LogP contribution in [0.3, 0.4) is 0 Å². The van der Waals surface area contributed by atoms with Gasteiger partial charge in [0.15, 0.2) is 0 Å². The number of benzene rings is 1. The van der Waals surface area contributed by atoms with Gasteiger partial charge >= 0.3 is 5.69 Å². The number of hydrogen-bond donors (Lipinski definition) is 1. The molecular weight excluding hydrogens is 334 g/mol. The van der Waals surface area contributed by atoms with Gasteiger partial charge in [0.25, 0.3) is 5.06 Å².